The van der Waals surface area contributed by atoms with Crippen molar-refractivity contribution in [3.8, 4) is 16.5 Å². The van der Waals surface area contributed by atoms with Crippen molar-refractivity contribution in [2.24, 2.45) is 5.92 Å². The fourth-order valence-corrected chi connectivity index (χ4v) is 6.64. The van der Waals surface area contributed by atoms with Gasteiger partial charge in [0.1, 0.15) is 5.69 Å². The molecule has 38 heavy (non-hydrogen) atoms. The third-order valence-corrected chi connectivity index (χ3v) is 9.59. The number of ether oxygens (including phenoxy) is 1. The maximum absolute atomic E-state index is 13.4. The van der Waals surface area contributed by atoms with Gasteiger partial charge in [0.15, 0.2) is 5.01 Å². The molecule has 0 radical (unpaired) electrons. The molecule has 202 valence electrons. The summed E-state index contributed by atoms with van der Waals surface area (Å²) in [4.78, 5) is 33.8. The highest BCUT2D eigenvalue weighted by Crippen LogP contribution is 2.33. The molecule has 2 N–H and O–H groups in total. The van der Waals surface area contributed by atoms with Crippen molar-refractivity contribution in [3.63, 3.8) is 0 Å². The Hall–Kier alpha value is -3.16. The zero-order chi connectivity index (χ0) is 26.7. The summed E-state index contributed by atoms with van der Waals surface area (Å²) in [7, 11) is -1.33. The second-order valence-corrected chi connectivity index (χ2v) is 12.6. The van der Waals surface area contributed by atoms with E-state index in [1.54, 1.807) is 36.9 Å². The molecule has 1 saturated heterocycles. The summed E-state index contributed by atoms with van der Waals surface area (Å²) >= 11 is 1.22. The number of aromatic nitrogens is 4. The zero-order valence-electron chi connectivity index (χ0n) is 21.3. The Morgan fingerprint density at radius 3 is 2.71 bits per heavy atom. The van der Waals surface area contributed by atoms with Crippen molar-refractivity contribution in [2.45, 2.75) is 43.9 Å². The number of carbonyl (C=O) groups is 1. The molecule has 1 saturated carbocycles. The van der Waals surface area contributed by atoms with E-state index in [4.69, 9.17) is 4.74 Å². The second kappa shape index (κ2) is 11.3. The molecular formula is C25H31N7O4S2. The van der Waals surface area contributed by atoms with Crippen LogP contribution in [0.4, 0.5) is 5.69 Å². The van der Waals surface area contributed by atoms with Gasteiger partial charge < -0.3 is 15.0 Å². The first kappa shape index (κ1) is 26.4. The van der Waals surface area contributed by atoms with Crippen molar-refractivity contribution in [1.82, 2.24) is 30.2 Å². The second-order valence-electron chi connectivity index (χ2n) is 9.61. The quantitative estimate of drug-likeness (QED) is 0.385. The number of carbonyl (C=O) groups excluding carboxylic acids is 1. The molecule has 0 spiro atoms. The number of sulfonamides is 1. The van der Waals surface area contributed by atoms with Gasteiger partial charge in [-0.3, -0.25) is 19.5 Å². The summed E-state index contributed by atoms with van der Waals surface area (Å²) in [5.41, 5.74) is 1.66. The van der Waals surface area contributed by atoms with E-state index in [0.29, 0.717) is 52.3 Å². The van der Waals surface area contributed by atoms with Crippen LogP contribution >= 0.6 is 11.3 Å². The number of thiazole rings is 1. The summed E-state index contributed by atoms with van der Waals surface area (Å²) in [6, 6.07) is 2.97. The first-order valence-corrected chi connectivity index (χ1v) is 15.1. The van der Waals surface area contributed by atoms with E-state index in [0.717, 1.165) is 25.9 Å². The molecule has 1 unspecified atom stereocenters. The largest absolute Gasteiger partial charge is 0.477 e. The van der Waals surface area contributed by atoms with Crippen LogP contribution in [0.1, 0.15) is 54.1 Å². The maximum Gasteiger partial charge on any atom is 0.280 e. The zero-order valence-corrected chi connectivity index (χ0v) is 23.0. The van der Waals surface area contributed by atoms with Crippen LogP contribution in [0.5, 0.6) is 5.88 Å². The first-order chi connectivity index (χ1) is 18.3. The number of rotatable bonds is 10. The molecule has 0 bridgehead atoms. The van der Waals surface area contributed by atoms with Gasteiger partial charge in [-0.2, -0.15) is 0 Å². The Balaban J connectivity index is 1.37. The monoisotopic (exact) mass is 557 g/mol. The molecule has 4 heterocycles. The lowest BCUT2D eigenvalue weighted by Crippen LogP contribution is -2.39. The predicted molar refractivity (Wildman–Crippen MR) is 145 cm³/mol. The lowest BCUT2D eigenvalue weighted by molar-refractivity contribution is 0.0898. The van der Waals surface area contributed by atoms with Gasteiger partial charge in [0.2, 0.25) is 15.9 Å². The SMILES string of the molecule is CCOc1cncc(-c2cnc(C(=O)NC(c3cc(NS(=O)(=O)C4CC4)ccn3)C3CCN(C)CC3)s2)n1. The first-order valence-electron chi connectivity index (χ1n) is 12.7. The van der Waals surface area contributed by atoms with Crippen LogP contribution in [-0.2, 0) is 10.0 Å². The molecular weight excluding hydrogens is 526 g/mol. The minimum atomic E-state index is -3.41. The van der Waals surface area contributed by atoms with Gasteiger partial charge >= 0.3 is 0 Å². The third-order valence-electron chi connectivity index (χ3n) is 6.70. The number of nitrogens with zero attached hydrogens (tertiary/aromatic N) is 5. The fraction of sp³-hybridized carbons (Fsp3) is 0.480. The van der Waals surface area contributed by atoms with Crippen LogP contribution in [0.2, 0.25) is 0 Å². The van der Waals surface area contributed by atoms with Gasteiger partial charge in [-0.05, 0) is 70.8 Å². The fourth-order valence-electron chi connectivity index (χ4n) is 4.49. The Bertz CT molecular complexity index is 1390. The Kier molecular flexibility index (Phi) is 7.86. The molecule has 1 amide bonds. The maximum atomic E-state index is 13.4. The topological polar surface area (TPSA) is 139 Å². The third kappa shape index (κ3) is 6.27. The van der Waals surface area contributed by atoms with Crippen molar-refractivity contribution in [2.75, 3.05) is 31.5 Å². The molecule has 3 aromatic rings. The number of hydrogen-bond acceptors (Lipinski definition) is 10. The molecule has 5 rings (SSSR count). The van der Waals surface area contributed by atoms with Crippen LogP contribution in [0.3, 0.4) is 0 Å². The van der Waals surface area contributed by atoms with E-state index in [-0.39, 0.29) is 17.1 Å². The van der Waals surface area contributed by atoms with Crippen LogP contribution in [-0.4, -0.2) is 71.2 Å². The Morgan fingerprint density at radius 1 is 1.18 bits per heavy atom. The summed E-state index contributed by atoms with van der Waals surface area (Å²) in [5.74, 6) is 0.242. The van der Waals surface area contributed by atoms with Crippen molar-refractivity contribution in [1.29, 1.82) is 0 Å². The van der Waals surface area contributed by atoms with E-state index >= 15 is 0 Å². The van der Waals surface area contributed by atoms with E-state index in [2.05, 4.69) is 41.9 Å². The number of pyridine rings is 1. The number of likely N-dealkylation sites (tertiary alicyclic amines) is 1. The summed E-state index contributed by atoms with van der Waals surface area (Å²) < 4.78 is 33.1. The smallest absolute Gasteiger partial charge is 0.280 e. The molecule has 1 aliphatic carbocycles. The van der Waals surface area contributed by atoms with Gasteiger partial charge in [0, 0.05) is 12.4 Å². The average molecular weight is 558 g/mol. The molecule has 13 heteroatoms. The normalized spacial score (nSPS) is 17.6. The molecule has 2 fully saturated rings. The minimum Gasteiger partial charge on any atom is -0.477 e. The number of piperidine rings is 1. The number of anilines is 1. The van der Waals surface area contributed by atoms with Gasteiger partial charge in [-0.25, -0.2) is 18.4 Å². The van der Waals surface area contributed by atoms with E-state index in [9.17, 15) is 13.2 Å². The van der Waals surface area contributed by atoms with Crippen molar-refractivity contribution >= 4 is 33.0 Å². The van der Waals surface area contributed by atoms with Gasteiger partial charge in [0.05, 0.1) is 46.6 Å². The number of hydrogen-bond donors (Lipinski definition) is 2. The molecule has 0 aromatic carbocycles. The molecule has 11 nitrogen and oxygen atoms in total. The Morgan fingerprint density at radius 2 is 1.97 bits per heavy atom. The summed E-state index contributed by atoms with van der Waals surface area (Å²) in [6.45, 7) is 4.16. The highest BCUT2D eigenvalue weighted by molar-refractivity contribution is 7.93. The summed E-state index contributed by atoms with van der Waals surface area (Å²) in [6.07, 6.45) is 9.46. The highest BCUT2D eigenvalue weighted by Gasteiger charge is 2.36. The predicted octanol–water partition coefficient (Wildman–Crippen LogP) is 3.11. The molecule has 2 aliphatic rings. The van der Waals surface area contributed by atoms with Crippen molar-refractivity contribution < 1.29 is 17.9 Å². The van der Waals surface area contributed by atoms with E-state index < -0.39 is 16.1 Å². The Labute approximate surface area is 226 Å². The van der Waals surface area contributed by atoms with Gasteiger partial charge in [-0.15, -0.1) is 11.3 Å². The number of nitrogens with one attached hydrogen (secondary N) is 2. The van der Waals surface area contributed by atoms with E-state index in [1.807, 2.05) is 6.92 Å². The van der Waals surface area contributed by atoms with Crippen molar-refractivity contribution in [3.05, 3.63) is 47.6 Å². The lowest BCUT2D eigenvalue weighted by atomic mass is 9.87. The number of amides is 1. The lowest BCUT2D eigenvalue weighted by Gasteiger charge is -2.34. The summed E-state index contributed by atoms with van der Waals surface area (Å²) in [5, 5.41) is 3.11. The highest BCUT2D eigenvalue weighted by atomic mass is 32.2. The van der Waals surface area contributed by atoms with E-state index in [1.165, 1.54) is 11.3 Å². The van der Waals surface area contributed by atoms with Crippen LogP contribution in [0.15, 0.2) is 36.9 Å². The standard InChI is InChI=1S/C25H31N7O4S2/c1-3-36-22-15-26-13-20(29-22)21-14-28-25(37-21)24(33)30-23(16-7-10-32(2)11-8-16)19-12-17(6-9-27-19)31-38(34,35)18-4-5-18/h6,9,12-16,18,23H,3-5,7-8,10-11H2,1-2H3,(H,27,31)(H,30,33). The molecule has 3 aromatic heterocycles. The molecule has 1 aliphatic heterocycles. The van der Waals surface area contributed by atoms with Crippen LogP contribution in [0.25, 0.3) is 10.6 Å². The minimum absolute atomic E-state index is 0.145. The van der Waals surface area contributed by atoms with Gasteiger partial charge in [0.25, 0.3) is 5.91 Å². The average Bonchev–Trinajstić information content (AvgIpc) is 3.66. The van der Waals surface area contributed by atoms with Gasteiger partial charge in [-0.1, -0.05) is 0 Å². The van der Waals surface area contributed by atoms with Crippen LogP contribution < -0.4 is 14.8 Å². The van der Waals surface area contributed by atoms with Crippen LogP contribution in [0, 0.1) is 5.92 Å². The molecule has 1 atom stereocenters.